The van der Waals surface area contributed by atoms with Crippen LogP contribution < -0.4 is 0 Å². The summed E-state index contributed by atoms with van der Waals surface area (Å²) in [7, 11) is 0. The Morgan fingerprint density at radius 3 is 2.38 bits per heavy atom. The predicted molar refractivity (Wildman–Crippen MR) is 48.1 cm³/mol. The van der Waals surface area contributed by atoms with Crippen LogP contribution in [0.4, 0.5) is 0 Å². The van der Waals surface area contributed by atoms with Crippen LogP contribution in [0, 0.1) is 5.92 Å². The molecule has 80 valence electrons. The van der Waals surface area contributed by atoms with Crippen LogP contribution >= 0.6 is 0 Å². The van der Waals surface area contributed by atoms with Gasteiger partial charge in [-0.25, -0.2) is 0 Å². The molecule has 0 heterocycles. The fourth-order valence-corrected chi connectivity index (χ4v) is 2.02. The van der Waals surface area contributed by atoms with Crippen LogP contribution in [0.1, 0.15) is 51.4 Å². The van der Waals surface area contributed by atoms with Crippen molar-refractivity contribution in [1.82, 2.24) is 0 Å². The smallest absolute Gasteiger partial charge is 0.481 e. The van der Waals surface area contributed by atoms with Crippen molar-refractivity contribution in [2.45, 2.75) is 51.4 Å². The summed E-state index contributed by atoms with van der Waals surface area (Å²) in [4.78, 5) is 10.2. The topological polar surface area (TPSA) is 37.3 Å². The second-order valence-corrected chi connectivity index (χ2v) is 3.79. The minimum atomic E-state index is -0.647. The molecule has 1 aliphatic rings. The number of rotatable bonds is 4. The molecule has 1 rings (SSSR count). The van der Waals surface area contributed by atoms with Gasteiger partial charge in [0.15, 0.2) is 0 Å². The number of carboxylic acid groups (broad SMARTS) is 1. The molecule has 0 saturated heterocycles. The third-order valence-corrected chi connectivity index (χ3v) is 2.73. The fraction of sp³-hybridized carbons (Fsp3) is 0.900. The van der Waals surface area contributed by atoms with E-state index in [0.717, 1.165) is 18.8 Å². The van der Waals surface area contributed by atoms with Gasteiger partial charge in [-0.1, -0.05) is 32.1 Å². The second kappa shape index (κ2) is 7.60. The molecule has 0 spiro atoms. The van der Waals surface area contributed by atoms with Gasteiger partial charge in [-0.15, -0.1) is 0 Å². The first-order chi connectivity index (χ1) is 5.79. The predicted octanol–water partition coefficient (Wildman–Crippen LogP) is 2.82. The average molecular weight is 278 g/mol. The molecule has 0 atom stereocenters. The molecule has 0 aromatic rings. The van der Waals surface area contributed by atoms with Gasteiger partial charge in [0, 0.05) is 6.42 Å². The Morgan fingerprint density at radius 1 is 1.23 bits per heavy atom. The molecule has 0 amide bonds. The zero-order valence-electron chi connectivity index (χ0n) is 7.89. The number of carboxylic acids is 1. The molecule has 13 heavy (non-hydrogen) atoms. The Kier molecular flexibility index (Phi) is 7.72. The maximum Gasteiger partial charge on any atom is 1.00 e. The van der Waals surface area contributed by atoms with Crippen molar-refractivity contribution in [2.24, 2.45) is 5.92 Å². The van der Waals surface area contributed by atoms with E-state index in [4.69, 9.17) is 5.11 Å². The van der Waals surface area contributed by atoms with Crippen molar-refractivity contribution in [2.75, 3.05) is 0 Å². The van der Waals surface area contributed by atoms with Gasteiger partial charge in [-0.2, -0.15) is 0 Å². The molecule has 1 fully saturated rings. The van der Waals surface area contributed by atoms with E-state index in [1.54, 1.807) is 0 Å². The molecule has 0 bridgehead atoms. The summed E-state index contributed by atoms with van der Waals surface area (Å²) in [5, 5.41) is 8.44. The van der Waals surface area contributed by atoms with Crippen molar-refractivity contribution >= 4 is 5.97 Å². The number of hydrogen-bond acceptors (Lipinski definition) is 1. The normalized spacial score (nSPS) is 17.8. The Hall–Kier alpha value is 0.210. The summed E-state index contributed by atoms with van der Waals surface area (Å²) in [6.07, 6.45) is 9.13. The van der Waals surface area contributed by atoms with E-state index in [1.807, 2.05) is 0 Å². The van der Waals surface area contributed by atoms with Crippen molar-refractivity contribution in [3.63, 3.8) is 0 Å². The molecule has 1 saturated carbocycles. The van der Waals surface area contributed by atoms with E-state index in [-0.39, 0.29) is 22.4 Å². The Balaban J connectivity index is 0.00000144. The molecular formula is C10H18AgO2+. The molecule has 0 radical (unpaired) electrons. The Morgan fingerprint density at radius 2 is 1.85 bits per heavy atom. The van der Waals surface area contributed by atoms with Crippen LogP contribution in [-0.4, -0.2) is 11.1 Å². The van der Waals surface area contributed by atoms with Gasteiger partial charge in [-0.05, 0) is 18.8 Å². The van der Waals surface area contributed by atoms with Gasteiger partial charge in [0.25, 0.3) is 0 Å². The van der Waals surface area contributed by atoms with E-state index >= 15 is 0 Å². The largest absolute Gasteiger partial charge is 1.00 e. The third kappa shape index (κ3) is 6.30. The first-order valence-electron chi connectivity index (χ1n) is 5.01. The quantitative estimate of drug-likeness (QED) is 0.803. The number of carbonyl (C=O) groups is 1. The minimum Gasteiger partial charge on any atom is -0.481 e. The second-order valence-electron chi connectivity index (χ2n) is 3.79. The van der Waals surface area contributed by atoms with Gasteiger partial charge < -0.3 is 5.11 Å². The van der Waals surface area contributed by atoms with Gasteiger partial charge in [0.1, 0.15) is 0 Å². The maximum absolute atomic E-state index is 10.2. The molecule has 1 aliphatic carbocycles. The van der Waals surface area contributed by atoms with Crippen LogP contribution in [0.15, 0.2) is 0 Å². The van der Waals surface area contributed by atoms with Crippen molar-refractivity contribution in [3.05, 3.63) is 0 Å². The maximum atomic E-state index is 10.2. The van der Waals surface area contributed by atoms with Gasteiger partial charge in [-0.3, -0.25) is 4.79 Å². The monoisotopic (exact) mass is 277 g/mol. The third-order valence-electron chi connectivity index (χ3n) is 2.73. The summed E-state index contributed by atoms with van der Waals surface area (Å²) < 4.78 is 0. The van der Waals surface area contributed by atoms with Crippen LogP contribution in [0.3, 0.4) is 0 Å². The van der Waals surface area contributed by atoms with Gasteiger partial charge >= 0.3 is 28.3 Å². The van der Waals surface area contributed by atoms with E-state index in [9.17, 15) is 4.79 Å². The molecule has 0 unspecified atom stereocenters. The first kappa shape index (κ1) is 13.2. The van der Waals surface area contributed by atoms with Crippen LogP contribution in [-0.2, 0) is 27.2 Å². The molecule has 0 aromatic heterocycles. The van der Waals surface area contributed by atoms with Gasteiger partial charge in [0.2, 0.25) is 0 Å². The summed E-state index contributed by atoms with van der Waals surface area (Å²) in [6.45, 7) is 0. The number of hydrogen-bond donors (Lipinski definition) is 1. The van der Waals surface area contributed by atoms with E-state index in [1.165, 1.54) is 32.1 Å². The molecular weight excluding hydrogens is 260 g/mol. The first-order valence-corrected chi connectivity index (χ1v) is 5.01. The zero-order chi connectivity index (χ0) is 8.81. The molecule has 0 aliphatic heterocycles. The SMILES string of the molecule is O=C(O)CCCC1CCCCC1.[Ag+]. The summed E-state index contributed by atoms with van der Waals surface area (Å²) in [5.74, 6) is 0.184. The van der Waals surface area contributed by atoms with Crippen LogP contribution in [0.2, 0.25) is 0 Å². The van der Waals surface area contributed by atoms with Crippen LogP contribution in [0.25, 0.3) is 0 Å². The molecule has 2 nitrogen and oxygen atoms in total. The van der Waals surface area contributed by atoms with Crippen LogP contribution in [0.5, 0.6) is 0 Å². The van der Waals surface area contributed by atoms with E-state index < -0.39 is 5.97 Å². The fourth-order valence-electron chi connectivity index (χ4n) is 2.02. The standard InChI is InChI=1S/C10H18O2.Ag/c11-10(12)8-4-7-9-5-2-1-3-6-9;/h9H,1-8H2,(H,11,12);/q;+1. The summed E-state index contributed by atoms with van der Waals surface area (Å²) >= 11 is 0. The minimum absolute atomic E-state index is 0. The van der Waals surface area contributed by atoms with Gasteiger partial charge in [0.05, 0.1) is 0 Å². The molecule has 3 heteroatoms. The Labute approximate surface area is 95.6 Å². The van der Waals surface area contributed by atoms with Crippen molar-refractivity contribution in [3.8, 4) is 0 Å². The number of aliphatic carboxylic acids is 1. The van der Waals surface area contributed by atoms with Crippen molar-refractivity contribution < 1.29 is 32.3 Å². The van der Waals surface area contributed by atoms with Crippen molar-refractivity contribution in [1.29, 1.82) is 0 Å². The summed E-state index contributed by atoms with van der Waals surface area (Å²) in [6, 6.07) is 0. The Bertz CT molecular complexity index is 142. The van der Waals surface area contributed by atoms with E-state index in [0.29, 0.717) is 6.42 Å². The molecule has 0 aromatic carbocycles. The van der Waals surface area contributed by atoms with E-state index in [2.05, 4.69) is 0 Å². The summed E-state index contributed by atoms with van der Waals surface area (Å²) in [5.41, 5.74) is 0. The molecule has 1 N–H and O–H groups in total. The zero-order valence-corrected chi connectivity index (χ0v) is 9.37. The average Bonchev–Trinajstić information content (AvgIpc) is 2.05.